The molecule has 3 N–H and O–H groups in total. The Bertz CT molecular complexity index is 1440. The minimum absolute atomic E-state index is 0.187. The third-order valence-electron chi connectivity index (χ3n) is 4.91. The molecule has 2 aromatic heterocycles. The highest BCUT2D eigenvalue weighted by Crippen LogP contribution is 2.29. The number of benzene rings is 2. The fraction of sp³-hybridized carbons (Fsp3) is 0.182. The Balaban J connectivity index is 1.61. The van der Waals surface area contributed by atoms with E-state index < -0.39 is 26.6 Å². The molecule has 178 valence electrons. The molecule has 12 heteroatoms. The van der Waals surface area contributed by atoms with Crippen molar-refractivity contribution in [3.8, 4) is 11.4 Å². The van der Waals surface area contributed by atoms with Crippen molar-refractivity contribution in [1.82, 2.24) is 19.9 Å². The lowest BCUT2D eigenvalue weighted by molar-refractivity contribution is 0.425. The monoisotopic (exact) mass is 598 g/mol. The second kappa shape index (κ2) is 9.80. The second-order valence-electron chi connectivity index (χ2n) is 7.74. The Morgan fingerprint density at radius 2 is 1.82 bits per heavy atom. The lowest BCUT2D eigenvalue weighted by Crippen LogP contribution is -2.21. The Morgan fingerprint density at radius 3 is 2.53 bits per heavy atom. The molecule has 4 rings (SSSR count). The van der Waals surface area contributed by atoms with Crippen LogP contribution in [0.25, 0.3) is 22.4 Å². The summed E-state index contributed by atoms with van der Waals surface area (Å²) >= 11 is 2.22. The van der Waals surface area contributed by atoms with Gasteiger partial charge in [-0.15, -0.1) is 0 Å². The van der Waals surface area contributed by atoms with Gasteiger partial charge < -0.3 is 15.2 Å². The Kier molecular flexibility index (Phi) is 7.00. The second-order valence-corrected chi connectivity index (χ2v) is 10.6. The summed E-state index contributed by atoms with van der Waals surface area (Å²) in [6, 6.07) is 8.58. The van der Waals surface area contributed by atoms with Crippen LogP contribution >= 0.6 is 22.6 Å². The van der Waals surface area contributed by atoms with Gasteiger partial charge in [0.25, 0.3) is 10.0 Å². The molecule has 0 fully saturated rings. The highest BCUT2D eigenvalue weighted by molar-refractivity contribution is 14.1. The third kappa shape index (κ3) is 5.28. The summed E-state index contributed by atoms with van der Waals surface area (Å²) in [5.74, 6) is -0.747. The summed E-state index contributed by atoms with van der Waals surface area (Å²) in [6.07, 6.45) is 1.85. The van der Waals surface area contributed by atoms with Gasteiger partial charge in [-0.3, -0.25) is 4.72 Å². The predicted molar refractivity (Wildman–Crippen MR) is 136 cm³/mol. The number of rotatable bonds is 8. The topological polar surface area (TPSA) is 103 Å². The number of halogens is 3. The zero-order valence-corrected chi connectivity index (χ0v) is 21.2. The van der Waals surface area contributed by atoms with Crippen LogP contribution in [0.5, 0.6) is 0 Å². The van der Waals surface area contributed by atoms with Gasteiger partial charge in [0.2, 0.25) is 0 Å². The van der Waals surface area contributed by atoms with Gasteiger partial charge in [-0.2, -0.15) is 0 Å². The van der Waals surface area contributed by atoms with Crippen molar-refractivity contribution < 1.29 is 17.2 Å². The van der Waals surface area contributed by atoms with Crippen molar-refractivity contribution in [1.29, 1.82) is 0 Å². The highest BCUT2D eigenvalue weighted by atomic mass is 127. The third-order valence-corrected chi connectivity index (χ3v) is 7.16. The number of hydrogen-bond donors (Lipinski definition) is 3. The first-order chi connectivity index (χ1) is 16.1. The van der Waals surface area contributed by atoms with Crippen LogP contribution < -0.4 is 10.0 Å². The number of sulfonamides is 1. The van der Waals surface area contributed by atoms with Gasteiger partial charge in [0, 0.05) is 34.1 Å². The Morgan fingerprint density at radius 1 is 1.09 bits per heavy atom. The van der Waals surface area contributed by atoms with Gasteiger partial charge in [-0.25, -0.2) is 27.2 Å². The molecule has 34 heavy (non-hydrogen) atoms. The molecule has 0 amide bonds. The SMILES string of the molecule is CN(C)CCNc1nc(-c2ccc(NS(=O)(=O)c3cc(F)ccc3F)cc2)nc2[nH]cc(I)c12. The van der Waals surface area contributed by atoms with Crippen molar-refractivity contribution >= 4 is 55.2 Å². The van der Waals surface area contributed by atoms with Crippen LogP contribution in [0.2, 0.25) is 0 Å². The molecular formula is C22H21F2IN6O2S. The van der Waals surface area contributed by atoms with Gasteiger partial charge in [0.1, 0.15) is 28.0 Å². The summed E-state index contributed by atoms with van der Waals surface area (Å²) in [4.78, 5) is 13.7. The summed E-state index contributed by atoms with van der Waals surface area (Å²) < 4.78 is 55.7. The number of nitrogens with zero attached hydrogens (tertiary/aromatic N) is 3. The van der Waals surface area contributed by atoms with E-state index in [2.05, 4.69) is 52.5 Å². The zero-order valence-electron chi connectivity index (χ0n) is 18.2. The maximum absolute atomic E-state index is 13.9. The molecule has 2 aromatic carbocycles. The molecule has 2 heterocycles. The van der Waals surface area contributed by atoms with Crippen LogP contribution in [0, 0.1) is 15.2 Å². The number of aromatic amines is 1. The minimum atomic E-state index is -4.31. The molecule has 8 nitrogen and oxygen atoms in total. The molecule has 0 radical (unpaired) electrons. The normalized spacial score (nSPS) is 11.8. The van der Waals surface area contributed by atoms with Crippen LogP contribution in [0.15, 0.2) is 53.6 Å². The van der Waals surface area contributed by atoms with Crippen LogP contribution in [-0.4, -0.2) is 55.5 Å². The molecule has 0 spiro atoms. The molecule has 4 aromatic rings. The predicted octanol–water partition coefficient (Wildman–Crippen LogP) is 4.28. The molecule has 0 aliphatic rings. The first kappa shape index (κ1) is 24.3. The average molecular weight is 598 g/mol. The van der Waals surface area contributed by atoms with Gasteiger partial charge in [-0.05, 0) is 79.2 Å². The van der Waals surface area contributed by atoms with Gasteiger partial charge in [0.15, 0.2) is 5.82 Å². The van der Waals surface area contributed by atoms with E-state index in [1.807, 2.05) is 20.3 Å². The summed E-state index contributed by atoms with van der Waals surface area (Å²) in [5, 5.41) is 4.24. The van der Waals surface area contributed by atoms with Crippen LogP contribution in [0.4, 0.5) is 20.3 Å². The quantitative estimate of drug-likeness (QED) is 0.262. The van der Waals surface area contributed by atoms with Crippen molar-refractivity contribution in [2.45, 2.75) is 4.90 Å². The van der Waals surface area contributed by atoms with E-state index in [1.54, 1.807) is 12.1 Å². The molecular weight excluding hydrogens is 577 g/mol. The molecule has 0 aliphatic carbocycles. The smallest absolute Gasteiger partial charge is 0.264 e. The first-order valence-corrected chi connectivity index (χ1v) is 12.7. The zero-order chi connectivity index (χ0) is 24.5. The maximum Gasteiger partial charge on any atom is 0.264 e. The van der Waals surface area contributed by atoms with Crippen LogP contribution in [0.1, 0.15) is 0 Å². The number of likely N-dealkylation sites (N-methyl/N-ethyl adjacent to an activating group) is 1. The number of nitrogens with one attached hydrogen (secondary N) is 3. The molecule has 0 saturated carbocycles. The molecule has 0 unspecified atom stereocenters. The van der Waals surface area contributed by atoms with E-state index in [0.717, 1.165) is 27.6 Å². The molecule has 0 aliphatic heterocycles. The number of fused-ring (bicyclic) bond motifs is 1. The number of anilines is 2. The number of aromatic nitrogens is 3. The van der Waals surface area contributed by atoms with Crippen LogP contribution in [-0.2, 0) is 10.0 Å². The largest absolute Gasteiger partial charge is 0.368 e. The average Bonchev–Trinajstić information content (AvgIpc) is 3.16. The lowest BCUT2D eigenvalue weighted by atomic mass is 10.2. The van der Waals surface area contributed by atoms with Crippen molar-refractivity contribution in [3.63, 3.8) is 0 Å². The van der Waals surface area contributed by atoms with E-state index in [4.69, 9.17) is 0 Å². The Hall–Kier alpha value is -2.84. The first-order valence-electron chi connectivity index (χ1n) is 10.2. The van der Waals surface area contributed by atoms with Crippen molar-refractivity contribution in [2.75, 3.05) is 37.2 Å². The molecule has 0 atom stereocenters. The van der Waals surface area contributed by atoms with Crippen molar-refractivity contribution in [2.24, 2.45) is 0 Å². The fourth-order valence-corrected chi connectivity index (χ4v) is 5.05. The van der Waals surface area contributed by atoms with Crippen molar-refractivity contribution in [3.05, 3.63) is 63.9 Å². The van der Waals surface area contributed by atoms with E-state index in [1.165, 1.54) is 12.1 Å². The fourth-order valence-electron chi connectivity index (χ4n) is 3.23. The maximum atomic E-state index is 13.9. The number of hydrogen-bond acceptors (Lipinski definition) is 6. The summed E-state index contributed by atoms with van der Waals surface area (Å²) in [7, 11) is -0.336. The lowest BCUT2D eigenvalue weighted by Gasteiger charge is -2.13. The summed E-state index contributed by atoms with van der Waals surface area (Å²) in [5.41, 5.74) is 1.52. The van der Waals surface area contributed by atoms with Gasteiger partial charge >= 0.3 is 0 Å². The minimum Gasteiger partial charge on any atom is -0.368 e. The van der Waals surface area contributed by atoms with Crippen LogP contribution in [0.3, 0.4) is 0 Å². The molecule has 0 bridgehead atoms. The van der Waals surface area contributed by atoms with E-state index in [0.29, 0.717) is 35.5 Å². The number of H-pyrrole nitrogens is 1. The van der Waals surface area contributed by atoms with Gasteiger partial charge in [0.05, 0.1) is 5.39 Å². The highest BCUT2D eigenvalue weighted by Gasteiger charge is 2.20. The molecule has 0 saturated heterocycles. The van der Waals surface area contributed by atoms with E-state index >= 15 is 0 Å². The van der Waals surface area contributed by atoms with Gasteiger partial charge in [-0.1, -0.05) is 0 Å². The Labute approximate surface area is 209 Å². The van der Waals surface area contributed by atoms with E-state index in [9.17, 15) is 17.2 Å². The standard InChI is InChI=1S/C22H21F2IN6O2S/c1-31(2)10-9-26-21-19-17(25)12-27-22(19)29-20(28-21)13-3-6-15(7-4-13)30-34(32,33)18-11-14(23)5-8-16(18)24/h3-8,11-12,30H,9-10H2,1-2H3,(H2,26,27,28,29). The summed E-state index contributed by atoms with van der Waals surface area (Å²) in [6.45, 7) is 1.51. The van der Waals surface area contributed by atoms with E-state index in [-0.39, 0.29) is 5.69 Å².